The third kappa shape index (κ3) is 3.83. The topological polar surface area (TPSA) is 66.7 Å². The molecule has 1 saturated heterocycles. The van der Waals surface area contributed by atoms with Crippen LogP contribution in [0.2, 0.25) is 0 Å². The Kier molecular flexibility index (Phi) is 5.62. The molecule has 136 valence electrons. The summed E-state index contributed by atoms with van der Waals surface area (Å²) in [7, 11) is -3.51. The number of nitrogens with zero attached hydrogens (tertiary/aromatic N) is 3. The lowest BCUT2D eigenvalue weighted by Crippen LogP contribution is -2.37. The first kappa shape index (κ1) is 17.9. The minimum atomic E-state index is -3.51. The molecule has 2 aliphatic rings. The van der Waals surface area contributed by atoms with E-state index in [4.69, 9.17) is 4.52 Å². The zero-order chi connectivity index (χ0) is 17.2. The predicted molar refractivity (Wildman–Crippen MR) is 92.4 cm³/mol. The van der Waals surface area contributed by atoms with Crippen LogP contribution in [-0.4, -0.2) is 55.5 Å². The first-order valence-electron chi connectivity index (χ1n) is 9.14. The van der Waals surface area contributed by atoms with Gasteiger partial charge in [-0.1, -0.05) is 24.4 Å². The van der Waals surface area contributed by atoms with Crippen molar-refractivity contribution in [2.45, 2.75) is 57.3 Å². The van der Waals surface area contributed by atoms with Crippen molar-refractivity contribution in [3.63, 3.8) is 0 Å². The first-order valence-corrected chi connectivity index (χ1v) is 10.6. The van der Waals surface area contributed by atoms with E-state index < -0.39 is 10.0 Å². The van der Waals surface area contributed by atoms with Gasteiger partial charge in [0.05, 0.1) is 0 Å². The highest BCUT2D eigenvalue weighted by Gasteiger charge is 2.32. The summed E-state index contributed by atoms with van der Waals surface area (Å²) < 4.78 is 32.6. The molecule has 1 saturated carbocycles. The highest BCUT2D eigenvalue weighted by atomic mass is 32.2. The number of hydrogen-bond donors (Lipinski definition) is 0. The minimum absolute atomic E-state index is 0.253. The van der Waals surface area contributed by atoms with Crippen molar-refractivity contribution >= 4 is 10.0 Å². The molecular formula is C17H29N3O3S. The summed E-state index contributed by atoms with van der Waals surface area (Å²) >= 11 is 0. The number of aryl methyl sites for hydroxylation is 2. The van der Waals surface area contributed by atoms with E-state index in [9.17, 15) is 8.42 Å². The monoisotopic (exact) mass is 355 g/mol. The Labute approximate surface area is 145 Å². The molecule has 3 rings (SSSR count). The third-order valence-corrected chi connectivity index (χ3v) is 7.50. The standard InChI is InChI=1S/C17H29N3O3S/c1-14-17(15(2)23-18-14)24(21,22)20-10-6-9-19(11-12-20)13-16-7-4-3-5-8-16/h16H,3-13H2,1-2H3. The number of rotatable bonds is 4. The fraction of sp³-hybridized carbons (Fsp3) is 0.824. The maximum atomic E-state index is 12.9. The smallest absolute Gasteiger partial charge is 0.248 e. The second-order valence-electron chi connectivity index (χ2n) is 7.22. The molecule has 0 aromatic carbocycles. The van der Waals surface area contributed by atoms with Gasteiger partial charge in [0.2, 0.25) is 10.0 Å². The maximum Gasteiger partial charge on any atom is 0.248 e. The molecule has 1 aromatic heterocycles. The average Bonchev–Trinajstić information content (AvgIpc) is 2.75. The summed E-state index contributed by atoms with van der Waals surface area (Å²) in [5.74, 6) is 1.18. The van der Waals surface area contributed by atoms with Gasteiger partial charge in [0.1, 0.15) is 10.6 Å². The first-order chi connectivity index (χ1) is 11.5. The lowest BCUT2D eigenvalue weighted by Gasteiger charge is -2.28. The van der Waals surface area contributed by atoms with Crippen molar-refractivity contribution < 1.29 is 12.9 Å². The Morgan fingerprint density at radius 1 is 1.04 bits per heavy atom. The molecule has 0 amide bonds. The van der Waals surface area contributed by atoms with Crippen LogP contribution < -0.4 is 0 Å². The van der Waals surface area contributed by atoms with Crippen LogP contribution in [0.3, 0.4) is 0 Å². The Morgan fingerprint density at radius 3 is 2.46 bits per heavy atom. The van der Waals surface area contributed by atoms with Crippen LogP contribution in [0.15, 0.2) is 9.42 Å². The van der Waals surface area contributed by atoms with Crippen LogP contribution in [0.25, 0.3) is 0 Å². The van der Waals surface area contributed by atoms with Crippen LogP contribution in [0.4, 0.5) is 0 Å². The van der Waals surface area contributed by atoms with E-state index in [1.807, 2.05) is 0 Å². The molecule has 0 N–H and O–H groups in total. The van der Waals surface area contributed by atoms with E-state index in [1.54, 1.807) is 18.2 Å². The summed E-state index contributed by atoms with van der Waals surface area (Å²) in [5.41, 5.74) is 0.454. The number of aromatic nitrogens is 1. The van der Waals surface area contributed by atoms with Gasteiger partial charge in [-0.05, 0) is 45.6 Å². The molecule has 0 atom stereocenters. The molecule has 0 bridgehead atoms. The van der Waals surface area contributed by atoms with Gasteiger partial charge in [-0.3, -0.25) is 0 Å². The van der Waals surface area contributed by atoms with Crippen LogP contribution >= 0.6 is 0 Å². The maximum absolute atomic E-state index is 12.9. The van der Waals surface area contributed by atoms with Gasteiger partial charge in [-0.25, -0.2) is 8.42 Å². The van der Waals surface area contributed by atoms with E-state index in [1.165, 1.54) is 32.1 Å². The Morgan fingerprint density at radius 2 is 1.79 bits per heavy atom. The molecule has 7 heteroatoms. The van der Waals surface area contributed by atoms with Crippen molar-refractivity contribution in [1.82, 2.24) is 14.4 Å². The second-order valence-corrected chi connectivity index (χ2v) is 9.09. The van der Waals surface area contributed by atoms with E-state index in [-0.39, 0.29) is 4.90 Å². The van der Waals surface area contributed by atoms with Crippen LogP contribution in [0.5, 0.6) is 0 Å². The van der Waals surface area contributed by atoms with Crippen LogP contribution in [0.1, 0.15) is 50.0 Å². The van der Waals surface area contributed by atoms with Crippen molar-refractivity contribution in [2.24, 2.45) is 5.92 Å². The van der Waals surface area contributed by atoms with E-state index in [2.05, 4.69) is 10.1 Å². The van der Waals surface area contributed by atoms with Gasteiger partial charge in [0, 0.05) is 26.2 Å². The van der Waals surface area contributed by atoms with Crippen molar-refractivity contribution in [2.75, 3.05) is 32.7 Å². The lowest BCUT2D eigenvalue weighted by atomic mass is 9.89. The normalized spacial score (nSPS) is 22.6. The van der Waals surface area contributed by atoms with Gasteiger partial charge in [-0.15, -0.1) is 0 Å². The zero-order valence-electron chi connectivity index (χ0n) is 14.8. The molecule has 1 aliphatic carbocycles. The van der Waals surface area contributed by atoms with E-state index in [0.29, 0.717) is 24.5 Å². The van der Waals surface area contributed by atoms with Crippen LogP contribution in [-0.2, 0) is 10.0 Å². The van der Waals surface area contributed by atoms with Gasteiger partial charge < -0.3 is 9.42 Å². The molecule has 0 spiro atoms. The zero-order valence-corrected chi connectivity index (χ0v) is 15.6. The summed E-state index contributed by atoms with van der Waals surface area (Å²) in [6, 6.07) is 0. The quantitative estimate of drug-likeness (QED) is 0.830. The SMILES string of the molecule is Cc1noc(C)c1S(=O)(=O)N1CCCN(CC2CCCCC2)CC1. The van der Waals surface area contributed by atoms with Crippen LogP contribution in [0, 0.1) is 19.8 Å². The summed E-state index contributed by atoms with van der Waals surface area (Å²) in [6.07, 6.45) is 7.63. The lowest BCUT2D eigenvalue weighted by molar-refractivity contribution is 0.208. The molecule has 1 aromatic rings. The summed E-state index contributed by atoms with van der Waals surface area (Å²) in [5, 5.41) is 3.80. The molecule has 0 radical (unpaired) electrons. The molecule has 2 heterocycles. The summed E-state index contributed by atoms with van der Waals surface area (Å²) in [4.78, 5) is 2.71. The van der Waals surface area contributed by atoms with Crippen molar-refractivity contribution in [3.05, 3.63) is 11.5 Å². The Balaban J connectivity index is 1.64. The van der Waals surface area contributed by atoms with Gasteiger partial charge in [0.25, 0.3) is 0 Å². The largest absolute Gasteiger partial charge is 0.360 e. The second kappa shape index (κ2) is 7.54. The molecule has 2 fully saturated rings. The Bertz CT molecular complexity index is 631. The van der Waals surface area contributed by atoms with Gasteiger partial charge >= 0.3 is 0 Å². The average molecular weight is 356 g/mol. The summed E-state index contributed by atoms with van der Waals surface area (Å²) in [6.45, 7) is 7.42. The molecule has 1 aliphatic heterocycles. The van der Waals surface area contributed by atoms with Crippen molar-refractivity contribution in [1.29, 1.82) is 0 Å². The molecule has 6 nitrogen and oxygen atoms in total. The molecular weight excluding hydrogens is 326 g/mol. The molecule has 24 heavy (non-hydrogen) atoms. The molecule has 0 unspecified atom stereocenters. The number of sulfonamides is 1. The van der Waals surface area contributed by atoms with Gasteiger partial charge in [0.15, 0.2) is 5.76 Å². The highest BCUT2D eigenvalue weighted by molar-refractivity contribution is 7.89. The fourth-order valence-corrected chi connectivity index (χ4v) is 5.84. The fourth-order valence-electron chi connectivity index (χ4n) is 4.08. The predicted octanol–water partition coefficient (Wildman–Crippen LogP) is 2.57. The minimum Gasteiger partial charge on any atom is -0.360 e. The number of hydrogen-bond acceptors (Lipinski definition) is 5. The van der Waals surface area contributed by atoms with E-state index >= 15 is 0 Å². The highest BCUT2D eigenvalue weighted by Crippen LogP contribution is 2.26. The third-order valence-electron chi connectivity index (χ3n) is 5.35. The Hall–Kier alpha value is -0.920. The van der Waals surface area contributed by atoms with Gasteiger partial charge in [-0.2, -0.15) is 4.31 Å². The van der Waals surface area contributed by atoms with E-state index in [0.717, 1.165) is 32.0 Å². The van der Waals surface area contributed by atoms with Crippen molar-refractivity contribution in [3.8, 4) is 0 Å².